The zero-order chi connectivity index (χ0) is 11.8. The Morgan fingerprint density at radius 2 is 2.19 bits per heavy atom. The van der Waals surface area contributed by atoms with Crippen LogP contribution in [0.3, 0.4) is 0 Å². The van der Waals surface area contributed by atoms with Gasteiger partial charge < -0.3 is 10.1 Å². The Kier molecular flexibility index (Phi) is 5.45. The van der Waals surface area contributed by atoms with Gasteiger partial charge in [-0.05, 0) is 19.9 Å². The molecule has 1 aromatic rings. The molecule has 2 nitrogen and oxygen atoms in total. The normalized spacial score (nSPS) is 9.44. The summed E-state index contributed by atoms with van der Waals surface area (Å²) < 4.78 is 5.31. The maximum absolute atomic E-state index is 5.31. The van der Waals surface area contributed by atoms with E-state index < -0.39 is 0 Å². The van der Waals surface area contributed by atoms with Crippen molar-refractivity contribution >= 4 is 0 Å². The first-order valence-electron chi connectivity index (χ1n) is 5.51. The first-order valence-corrected chi connectivity index (χ1v) is 5.51. The Hall–Kier alpha value is -1.46. The molecule has 0 spiro atoms. The van der Waals surface area contributed by atoms with Crippen molar-refractivity contribution in [3.8, 4) is 17.6 Å². The van der Waals surface area contributed by atoms with Crippen molar-refractivity contribution in [3.05, 3.63) is 29.3 Å². The lowest BCUT2D eigenvalue weighted by atomic mass is 10.1. The largest absolute Gasteiger partial charge is 0.496 e. The van der Waals surface area contributed by atoms with Crippen LogP contribution in [0.4, 0.5) is 0 Å². The van der Waals surface area contributed by atoms with Gasteiger partial charge in [0.1, 0.15) is 5.75 Å². The average Bonchev–Trinajstić information content (AvgIpc) is 2.29. The predicted molar refractivity (Wildman–Crippen MR) is 67.5 cm³/mol. The van der Waals surface area contributed by atoms with Crippen LogP contribution in [0.5, 0.6) is 5.75 Å². The van der Waals surface area contributed by atoms with E-state index in [0.717, 1.165) is 25.3 Å². The quantitative estimate of drug-likeness (QED) is 0.604. The van der Waals surface area contributed by atoms with Crippen LogP contribution in [0.2, 0.25) is 0 Å². The van der Waals surface area contributed by atoms with Crippen molar-refractivity contribution < 1.29 is 4.74 Å². The molecule has 86 valence electrons. The van der Waals surface area contributed by atoms with Gasteiger partial charge in [0.05, 0.1) is 7.11 Å². The molecule has 0 aliphatic rings. The highest BCUT2D eigenvalue weighted by Crippen LogP contribution is 2.19. The van der Waals surface area contributed by atoms with Crippen molar-refractivity contribution in [1.82, 2.24) is 5.32 Å². The number of aryl methyl sites for hydroxylation is 1. The van der Waals surface area contributed by atoms with E-state index in [0.29, 0.717) is 0 Å². The second-order valence-electron chi connectivity index (χ2n) is 3.67. The third-order valence-electron chi connectivity index (χ3n) is 2.35. The fraction of sp³-hybridized carbons (Fsp3) is 0.429. The van der Waals surface area contributed by atoms with Crippen LogP contribution in [-0.2, 0) is 6.54 Å². The molecule has 1 aromatic carbocycles. The molecule has 1 N–H and O–H groups in total. The summed E-state index contributed by atoms with van der Waals surface area (Å²) in [4.78, 5) is 0. The van der Waals surface area contributed by atoms with Crippen molar-refractivity contribution in [2.75, 3.05) is 13.7 Å². The molecule has 0 saturated heterocycles. The van der Waals surface area contributed by atoms with Gasteiger partial charge in [0, 0.05) is 25.1 Å². The third kappa shape index (κ3) is 3.96. The summed E-state index contributed by atoms with van der Waals surface area (Å²) in [6.45, 7) is 5.70. The second-order valence-corrected chi connectivity index (χ2v) is 3.67. The highest BCUT2D eigenvalue weighted by Gasteiger charge is 2.01. The summed E-state index contributed by atoms with van der Waals surface area (Å²) in [5, 5.41) is 3.36. The van der Waals surface area contributed by atoms with E-state index in [-0.39, 0.29) is 0 Å². The lowest BCUT2D eigenvalue weighted by Gasteiger charge is -2.09. The van der Waals surface area contributed by atoms with Crippen LogP contribution in [0.15, 0.2) is 18.2 Å². The summed E-state index contributed by atoms with van der Waals surface area (Å²) in [7, 11) is 1.71. The first-order chi connectivity index (χ1) is 7.77. The summed E-state index contributed by atoms with van der Waals surface area (Å²) in [6, 6.07) is 6.22. The minimum absolute atomic E-state index is 0.830. The maximum atomic E-state index is 5.31. The molecule has 0 aliphatic carbocycles. The van der Waals surface area contributed by atoms with E-state index >= 15 is 0 Å². The number of rotatable bonds is 5. The Morgan fingerprint density at radius 3 is 2.88 bits per heavy atom. The van der Waals surface area contributed by atoms with Crippen LogP contribution in [-0.4, -0.2) is 13.7 Å². The van der Waals surface area contributed by atoms with Crippen LogP contribution < -0.4 is 10.1 Å². The van der Waals surface area contributed by atoms with Gasteiger partial charge in [-0.15, -0.1) is 11.8 Å². The fourth-order valence-electron chi connectivity index (χ4n) is 1.54. The minimum Gasteiger partial charge on any atom is -0.496 e. The number of hydrogen-bond donors (Lipinski definition) is 1. The Morgan fingerprint density at radius 1 is 1.38 bits per heavy atom. The zero-order valence-corrected chi connectivity index (χ0v) is 10.3. The Labute approximate surface area is 98.0 Å². The Bertz CT molecular complexity index is 387. The van der Waals surface area contributed by atoms with Crippen LogP contribution in [0.25, 0.3) is 0 Å². The molecule has 2 heteroatoms. The zero-order valence-electron chi connectivity index (χ0n) is 10.3. The molecule has 0 radical (unpaired) electrons. The highest BCUT2D eigenvalue weighted by atomic mass is 16.5. The lowest BCUT2D eigenvalue weighted by Crippen LogP contribution is -2.14. The Balaban J connectivity index is 2.50. The summed E-state index contributed by atoms with van der Waals surface area (Å²) >= 11 is 0. The maximum Gasteiger partial charge on any atom is 0.123 e. The van der Waals surface area contributed by atoms with E-state index in [2.05, 4.69) is 36.2 Å². The van der Waals surface area contributed by atoms with Crippen molar-refractivity contribution in [1.29, 1.82) is 0 Å². The molecule has 0 amide bonds. The van der Waals surface area contributed by atoms with Gasteiger partial charge in [0.15, 0.2) is 0 Å². The number of methoxy groups -OCH3 is 1. The minimum atomic E-state index is 0.830. The smallest absolute Gasteiger partial charge is 0.123 e. The van der Waals surface area contributed by atoms with E-state index in [4.69, 9.17) is 4.74 Å². The fourth-order valence-corrected chi connectivity index (χ4v) is 1.54. The van der Waals surface area contributed by atoms with Gasteiger partial charge in [-0.1, -0.05) is 17.7 Å². The van der Waals surface area contributed by atoms with Gasteiger partial charge in [0.25, 0.3) is 0 Å². The molecule has 0 heterocycles. The van der Waals surface area contributed by atoms with Gasteiger partial charge in [-0.25, -0.2) is 0 Å². The molecular formula is C14H19NO. The average molecular weight is 217 g/mol. The third-order valence-corrected chi connectivity index (χ3v) is 2.35. The SMILES string of the molecule is CC#CCCNCc1cc(C)ccc1OC. The van der Waals surface area contributed by atoms with Crippen LogP contribution >= 0.6 is 0 Å². The topological polar surface area (TPSA) is 21.3 Å². The molecule has 0 aliphatic heterocycles. The standard InChI is InChI=1S/C14H19NO/c1-4-5-6-9-15-11-13-10-12(2)7-8-14(13)16-3/h7-8,10,15H,6,9,11H2,1-3H3. The van der Waals surface area contributed by atoms with Crippen molar-refractivity contribution in [2.45, 2.75) is 26.8 Å². The predicted octanol–water partition coefficient (Wildman–Crippen LogP) is 2.51. The highest BCUT2D eigenvalue weighted by molar-refractivity contribution is 5.36. The number of hydrogen-bond acceptors (Lipinski definition) is 2. The van der Waals surface area contributed by atoms with Gasteiger partial charge >= 0.3 is 0 Å². The molecule has 0 fully saturated rings. The number of benzene rings is 1. The molecule has 0 unspecified atom stereocenters. The molecular weight excluding hydrogens is 198 g/mol. The van der Waals surface area contributed by atoms with E-state index in [1.807, 2.05) is 13.0 Å². The van der Waals surface area contributed by atoms with E-state index in [9.17, 15) is 0 Å². The van der Waals surface area contributed by atoms with E-state index in [1.165, 1.54) is 11.1 Å². The molecule has 1 rings (SSSR count). The van der Waals surface area contributed by atoms with Crippen molar-refractivity contribution in [2.24, 2.45) is 0 Å². The summed E-state index contributed by atoms with van der Waals surface area (Å²) in [5.74, 6) is 6.86. The first kappa shape index (κ1) is 12.6. The van der Waals surface area contributed by atoms with Gasteiger partial charge in [0.2, 0.25) is 0 Å². The summed E-state index contributed by atoms with van der Waals surface area (Å²) in [5.41, 5.74) is 2.46. The van der Waals surface area contributed by atoms with E-state index in [1.54, 1.807) is 7.11 Å². The summed E-state index contributed by atoms with van der Waals surface area (Å²) in [6.07, 6.45) is 0.893. The lowest BCUT2D eigenvalue weighted by molar-refractivity contribution is 0.407. The molecule has 0 bridgehead atoms. The monoisotopic (exact) mass is 217 g/mol. The molecule has 0 aromatic heterocycles. The molecule has 0 atom stereocenters. The van der Waals surface area contributed by atoms with Crippen molar-refractivity contribution in [3.63, 3.8) is 0 Å². The van der Waals surface area contributed by atoms with Gasteiger partial charge in [-0.3, -0.25) is 0 Å². The van der Waals surface area contributed by atoms with Crippen LogP contribution in [0.1, 0.15) is 24.5 Å². The van der Waals surface area contributed by atoms with Crippen LogP contribution in [0, 0.1) is 18.8 Å². The molecule has 16 heavy (non-hydrogen) atoms. The number of ether oxygens (including phenoxy) is 1. The second kappa shape index (κ2) is 6.92. The number of nitrogens with one attached hydrogen (secondary N) is 1. The van der Waals surface area contributed by atoms with Gasteiger partial charge in [-0.2, -0.15) is 0 Å². The molecule has 0 saturated carbocycles.